The van der Waals surface area contributed by atoms with Crippen molar-refractivity contribution in [3.05, 3.63) is 17.8 Å². The number of nitrogens with zero attached hydrogens (tertiary/aromatic N) is 1. The second-order valence-corrected chi connectivity index (χ2v) is 4.06. The standard InChI is InChI=1S/C10H16N2O/c1-7(2)9-12-8(6-13-9)10(11-3)4-5-10/h6-7,11H,4-5H2,1-3H3. The Hall–Kier alpha value is -0.830. The molecular formula is C10H16N2O. The van der Waals surface area contributed by atoms with E-state index < -0.39 is 0 Å². The number of oxazole rings is 1. The molecular weight excluding hydrogens is 164 g/mol. The third-order valence-corrected chi connectivity index (χ3v) is 2.73. The summed E-state index contributed by atoms with van der Waals surface area (Å²) < 4.78 is 5.40. The van der Waals surface area contributed by atoms with E-state index in [0.717, 1.165) is 11.6 Å². The second kappa shape index (κ2) is 2.84. The molecule has 1 aliphatic carbocycles. The van der Waals surface area contributed by atoms with Crippen molar-refractivity contribution in [1.29, 1.82) is 0 Å². The van der Waals surface area contributed by atoms with Crippen molar-refractivity contribution < 1.29 is 4.42 Å². The highest BCUT2D eigenvalue weighted by atomic mass is 16.3. The molecule has 3 heteroatoms. The topological polar surface area (TPSA) is 38.1 Å². The fourth-order valence-corrected chi connectivity index (χ4v) is 1.53. The number of hydrogen-bond donors (Lipinski definition) is 1. The lowest BCUT2D eigenvalue weighted by Crippen LogP contribution is -2.24. The molecule has 1 fully saturated rings. The minimum Gasteiger partial charge on any atom is -0.448 e. The van der Waals surface area contributed by atoms with Gasteiger partial charge in [0.05, 0.1) is 11.2 Å². The summed E-state index contributed by atoms with van der Waals surface area (Å²) in [5, 5.41) is 3.30. The Morgan fingerprint density at radius 1 is 1.54 bits per heavy atom. The highest BCUT2D eigenvalue weighted by molar-refractivity contribution is 5.20. The second-order valence-electron chi connectivity index (χ2n) is 4.06. The molecule has 0 unspecified atom stereocenters. The number of rotatable bonds is 3. The molecule has 0 aliphatic heterocycles. The van der Waals surface area contributed by atoms with Crippen LogP contribution < -0.4 is 5.32 Å². The fourth-order valence-electron chi connectivity index (χ4n) is 1.53. The number of nitrogens with one attached hydrogen (secondary N) is 1. The third-order valence-electron chi connectivity index (χ3n) is 2.73. The van der Waals surface area contributed by atoms with E-state index in [0.29, 0.717) is 5.92 Å². The van der Waals surface area contributed by atoms with E-state index in [9.17, 15) is 0 Å². The summed E-state index contributed by atoms with van der Waals surface area (Å²) in [4.78, 5) is 4.49. The van der Waals surface area contributed by atoms with Gasteiger partial charge in [0.2, 0.25) is 0 Å². The zero-order chi connectivity index (χ0) is 9.47. The monoisotopic (exact) mass is 180 g/mol. The lowest BCUT2D eigenvalue weighted by atomic mass is 10.2. The van der Waals surface area contributed by atoms with Gasteiger partial charge < -0.3 is 9.73 Å². The van der Waals surface area contributed by atoms with Gasteiger partial charge in [-0.25, -0.2) is 4.98 Å². The van der Waals surface area contributed by atoms with Crippen LogP contribution >= 0.6 is 0 Å². The van der Waals surface area contributed by atoms with Gasteiger partial charge in [0.1, 0.15) is 6.26 Å². The molecule has 3 nitrogen and oxygen atoms in total. The van der Waals surface area contributed by atoms with Crippen molar-refractivity contribution in [3.63, 3.8) is 0 Å². The smallest absolute Gasteiger partial charge is 0.196 e. The Labute approximate surface area is 78.5 Å². The van der Waals surface area contributed by atoms with Crippen LogP contribution in [0.3, 0.4) is 0 Å². The molecule has 0 amide bonds. The summed E-state index contributed by atoms with van der Waals surface area (Å²) in [7, 11) is 1.98. The van der Waals surface area contributed by atoms with Crippen molar-refractivity contribution in [2.75, 3.05) is 7.05 Å². The largest absolute Gasteiger partial charge is 0.448 e. The third kappa shape index (κ3) is 1.37. The predicted octanol–water partition coefficient (Wildman–Crippen LogP) is 2.01. The van der Waals surface area contributed by atoms with Gasteiger partial charge in [0.15, 0.2) is 5.89 Å². The zero-order valence-corrected chi connectivity index (χ0v) is 8.42. The predicted molar refractivity (Wildman–Crippen MR) is 50.6 cm³/mol. The summed E-state index contributed by atoms with van der Waals surface area (Å²) in [5.74, 6) is 1.22. The molecule has 1 aliphatic rings. The lowest BCUT2D eigenvalue weighted by Gasteiger charge is -2.08. The Bertz CT molecular complexity index is 300. The quantitative estimate of drug-likeness (QED) is 0.773. The Kier molecular flexibility index (Phi) is 1.91. The van der Waals surface area contributed by atoms with Gasteiger partial charge >= 0.3 is 0 Å². The molecule has 72 valence electrons. The first-order valence-corrected chi connectivity index (χ1v) is 4.83. The molecule has 1 aromatic rings. The minimum atomic E-state index is 0.136. The summed E-state index contributed by atoms with van der Waals surface area (Å²) >= 11 is 0. The van der Waals surface area contributed by atoms with Crippen LogP contribution in [0.2, 0.25) is 0 Å². The van der Waals surface area contributed by atoms with E-state index in [4.69, 9.17) is 4.42 Å². The number of hydrogen-bond acceptors (Lipinski definition) is 3. The number of aromatic nitrogens is 1. The Morgan fingerprint density at radius 2 is 2.23 bits per heavy atom. The van der Waals surface area contributed by atoms with Gasteiger partial charge in [-0.1, -0.05) is 13.8 Å². The van der Waals surface area contributed by atoms with Gasteiger partial charge in [-0.05, 0) is 19.9 Å². The molecule has 1 aromatic heterocycles. The lowest BCUT2D eigenvalue weighted by molar-refractivity contribution is 0.469. The Morgan fingerprint density at radius 3 is 2.62 bits per heavy atom. The van der Waals surface area contributed by atoms with Gasteiger partial charge in [0, 0.05) is 5.92 Å². The first-order chi connectivity index (χ1) is 6.18. The highest BCUT2D eigenvalue weighted by Gasteiger charge is 2.45. The maximum Gasteiger partial charge on any atom is 0.196 e. The molecule has 1 N–H and O–H groups in total. The SMILES string of the molecule is CNC1(c2coc(C(C)C)n2)CC1. The van der Waals surface area contributed by atoms with Crippen molar-refractivity contribution in [2.45, 2.75) is 38.1 Å². The van der Waals surface area contributed by atoms with Crippen LogP contribution in [-0.2, 0) is 5.54 Å². The maximum absolute atomic E-state index is 5.40. The molecule has 1 heterocycles. The molecule has 0 bridgehead atoms. The van der Waals surface area contributed by atoms with Crippen molar-refractivity contribution >= 4 is 0 Å². The molecule has 0 saturated heterocycles. The van der Waals surface area contributed by atoms with E-state index in [2.05, 4.69) is 24.1 Å². The van der Waals surface area contributed by atoms with E-state index >= 15 is 0 Å². The van der Waals surface area contributed by atoms with Crippen LogP contribution in [0.15, 0.2) is 10.7 Å². The van der Waals surface area contributed by atoms with Gasteiger partial charge in [-0.2, -0.15) is 0 Å². The average Bonchev–Trinajstić information content (AvgIpc) is 2.75. The average molecular weight is 180 g/mol. The Balaban J connectivity index is 2.23. The van der Waals surface area contributed by atoms with Gasteiger partial charge in [0.25, 0.3) is 0 Å². The molecule has 0 aromatic carbocycles. The highest BCUT2D eigenvalue weighted by Crippen LogP contribution is 2.44. The molecule has 2 rings (SSSR count). The van der Waals surface area contributed by atoms with Gasteiger partial charge in [-0.15, -0.1) is 0 Å². The summed E-state index contributed by atoms with van der Waals surface area (Å²) in [5.41, 5.74) is 1.20. The van der Waals surface area contributed by atoms with Crippen LogP contribution in [0.1, 0.15) is 44.2 Å². The summed E-state index contributed by atoms with van der Waals surface area (Å²) in [6.45, 7) is 4.18. The van der Waals surface area contributed by atoms with Gasteiger partial charge in [-0.3, -0.25) is 0 Å². The molecule has 0 spiro atoms. The van der Waals surface area contributed by atoms with E-state index in [-0.39, 0.29) is 5.54 Å². The molecule has 0 radical (unpaired) electrons. The van der Waals surface area contributed by atoms with Crippen molar-refractivity contribution in [1.82, 2.24) is 10.3 Å². The molecule has 1 saturated carbocycles. The van der Waals surface area contributed by atoms with E-state index in [1.54, 1.807) is 6.26 Å². The molecule has 0 atom stereocenters. The first-order valence-electron chi connectivity index (χ1n) is 4.83. The van der Waals surface area contributed by atoms with E-state index in [1.165, 1.54) is 12.8 Å². The molecule has 13 heavy (non-hydrogen) atoms. The van der Waals surface area contributed by atoms with E-state index in [1.807, 2.05) is 7.05 Å². The van der Waals surface area contributed by atoms with Crippen LogP contribution in [-0.4, -0.2) is 12.0 Å². The fraction of sp³-hybridized carbons (Fsp3) is 0.700. The minimum absolute atomic E-state index is 0.136. The zero-order valence-electron chi connectivity index (χ0n) is 8.42. The maximum atomic E-state index is 5.40. The summed E-state index contributed by atoms with van der Waals surface area (Å²) in [6, 6.07) is 0. The van der Waals surface area contributed by atoms with Crippen LogP contribution in [0, 0.1) is 0 Å². The first kappa shape index (κ1) is 8.75. The van der Waals surface area contributed by atoms with Crippen LogP contribution in [0.5, 0.6) is 0 Å². The van der Waals surface area contributed by atoms with Crippen molar-refractivity contribution in [3.8, 4) is 0 Å². The van der Waals surface area contributed by atoms with Crippen LogP contribution in [0.25, 0.3) is 0 Å². The summed E-state index contributed by atoms with van der Waals surface area (Å²) in [6.07, 6.45) is 4.14. The van der Waals surface area contributed by atoms with Crippen molar-refractivity contribution in [2.24, 2.45) is 0 Å². The van der Waals surface area contributed by atoms with Crippen LogP contribution in [0.4, 0.5) is 0 Å². The normalized spacial score (nSPS) is 19.4.